The van der Waals surface area contributed by atoms with Crippen LogP contribution in [0.25, 0.3) is 0 Å². The van der Waals surface area contributed by atoms with Crippen LogP contribution in [0.4, 0.5) is 0 Å². The summed E-state index contributed by atoms with van der Waals surface area (Å²) < 4.78 is 5.31. The minimum Gasteiger partial charge on any atom is -0.346 e. The molecule has 2 rings (SSSR count). The van der Waals surface area contributed by atoms with Gasteiger partial charge in [-0.05, 0) is 12.8 Å². The number of rotatable bonds is 7. The highest BCUT2D eigenvalue weighted by molar-refractivity contribution is 5.87. The molecule has 0 aliphatic carbocycles. The normalized spacial score (nSPS) is 16.7. The number of amides is 2. The van der Waals surface area contributed by atoms with E-state index < -0.39 is 6.04 Å². The highest BCUT2D eigenvalue weighted by Crippen LogP contribution is 2.20. The number of halogens is 2. The van der Waals surface area contributed by atoms with Crippen LogP contribution < -0.4 is 11.1 Å². The van der Waals surface area contributed by atoms with Gasteiger partial charge < -0.3 is 20.5 Å². The first-order valence-corrected chi connectivity index (χ1v) is 9.21. The van der Waals surface area contributed by atoms with Gasteiger partial charge in [0.2, 0.25) is 17.7 Å². The first-order chi connectivity index (χ1) is 12.3. The monoisotopic (exact) mass is 438 g/mol. The predicted octanol–water partition coefficient (Wildman–Crippen LogP) is 0.780. The molecule has 9 nitrogen and oxygen atoms in total. The fraction of sp³-hybridized carbons (Fsp3) is 0.765. The topological polar surface area (TPSA) is 118 Å². The Morgan fingerprint density at radius 2 is 1.79 bits per heavy atom. The van der Waals surface area contributed by atoms with E-state index in [9.17, 15) is 9.59 Å². The van der Waals surface area contributed by atoms with Crippen molar-refractivity contribution in [2.75, 3.05) is 32.7 Å². The molecule has 0 bridgehead atoms. The van der Waals surface area contributed by atoms with E-state index in [0.29, 0.717) is 24.8 Å². The van der Waals surface area contributed by atoms with Crippen LogP contribution in [0.1, 0.15) is 45.5 Å². The molecule has 1 unspecified atom stereocenters. The second-order valence-corrected chi connectivity index (χ2v) is 6.98. The summed E-state index contributed by atoms with van der Waals surface area (Å²) in [5, 5.41) is 6.56. The van der Waals surface area contributed by atoms with Crippen molar-refractivity contribution in [3.8, 4) is 0 Å². The second-order valence-electron chi connectivity index (χ2n) is 6.98. The molecule has 162 valence electrons. The molecule has 1 aliphatic heterocycles. The van der Waals surface area contributed by atoms with E-state index in [0.717, 1.165) is 19.5 Å². The summed E-state index contributed by atoms with van der Waals surface area (Å²) >= 11 is 0. The van der Waals surface area contributed by atoms with Gasteiger partial charge in [0.1, 0.15) is 0 Å². The van der Waals surface area contributed by atoms with Gasteiger partial charge in [0.15, 0.2) is 5.82 Å². The highest BCUT2D eigenvalue weighted by Gasteiger charge is 2.28. The van der Waals surface area contributed by atoms with Crippen molar-refractivity contribution in [3.05, 3.63) is 11.7 Å². The molecule has 0 saturated carbocycles. The molecule has 0 spiro atoms. The van der Waals surface area contributed by atoms with Crippen LogP contribution in [-0.4, -0.2) is 70.5 Å². The Balaban J connectivity index is 0.00000364. The predicted molar refractivity (Wildman–Crippen MR) is 111 cm³/mol. The Hall–Kier alpha value is -1.42. The van der Waals surface area contributed by atoms with Crippen LogP contribution in [0.15, 0.2) is 4.52 Å². The van der Waals surface area contributed by atoms with Crippen molar-refractivity contribution in [3.63, 3.8) is 0 Å². The molecular weight excluding hydrogens is 407 g/mol. The maximum absolute atomic E-state index is 12.3. The number of aryl methyl sites for hydroxylation is 1. The number of carbonyl (C=O) groups is 2. The third-order valence-corrected chi connectivity index (χ3v) is 4.81. The lowest BCUT2D eigenvalue weighted by molar-refractivity contribution is -0.135. The van der Waals surface area contributed by atoms with Crippen molar-refractivity contribution in [1.82, 2.24) is 25.3 Å². The van der Waals surface area contributed by atoms with Gasteiger partial charge in [0.25, 0.3) is 0 Å². The van der Waals surface area contributed by atoms with Crippen LogP contribution in [0.5, 0.6) is 0 Å². The molecule has 1 saturated heterocycles. The second kappa shape index (κ2) is 12.2. The zero-order valence-electron chi connectivity index (χ0n) is 16.9. The van der Waals surface area contributed by atoms with Gasteiger partial charge in [0, 0.05) is 32.6 Å². The molecule has 3 N–H and O–H groups in total. The standard InChI is InChI=1S/C17H30N6O3.2ClH/c1-5-13-20-17(26-21-13)12(4)22-6-8-23(9-7-22)14(24)10-19-16(25)15(18)11(2)3;;/h11-12,15H,5-10,18H2,1-4H3,(H,19,25);2*1H/t12?,15-;;/m0../s1. The lowest BCUT2D eigenvalue weighted by atomic mass is 10.1. The Morgan fingerprint density at radius 1 is 1.18 bits per heavy atom. The maximum atomic E-state index is 12.3. The van der Waals surface area contributed by atoms with E-state index in [2.05, 4.69) is 20.4 Å². The minimum absolute atomic E-state index is 0. The number of hydrogen-bond donors (Lipinski definition) is 2. The lowest BCUT2D eigenvalue weighted by Crippen LogP contribution is -2.53. The summed E-state index contributed by atoms with van der Waals surface area (Å²) in [6.45, 7) is 10.4. The minimum atomic E-state index is -0.595. The van der Waals surface area contributed by atoms with Crippen LogP contribution in [0, 0.1) is 5.92 Å². The summed E-state index contributed by atoms with van der Waals surface area (Å²) in [4.78, 5) is 32.5. The summed E-state index contributed by atoms with van der Waals surface area (Å²) in [5.74, 6) is 0.969. The molecule has 2 atom stereocenters. The molecule has 28 heavy (non-hydrogen) atoms. The SMILES string of the molecule is CCc1noc(C(C)N2CCN(C(=O)CNC(=O)[C@@H](N)C(C)C)CC2)n1.Cl.Cl. The molecular formula is C17H32Cl2N6O3. The van der Waals surface area contributed by atoms with E-state index in [4.69, 9.17) is 10.3 Å². The van der Waals surface area contributed by atoms with Gasteiger partial charge in [-0.15, -0.1) is 24.8 Å². The lowest BCUT2D eigenvalue weighted by Gasteiger charge is -2.36. The molecule has 1 fully saturated rings. The van der Waals surface area contributed by atoms with Crippen LogP contribution in [-0.2, 0) is 16.0 Å². The molecule has 1 aromatic rings. The molecule has 0 aromatic carbocycles. The number of carbonyl (C=O) groups excluding carboxylic acids is 2. The zero-order chi connectivity index (χ0) is 19.3. The summed E-state index contributed by atoms with van der Waals surface area (Å²) in [7, 11) is 0. The highest BCUT2D eigenvalue weighted by atomic mass is 35.5. The Kier molecular flexibility index (Phi) is 11.6. The van der Waals surface area contributed by atoms with Crippen molar-refractivity contribution < 1.29 is 14.1 Å². The van der Waals surface area contributed by atoms with Gasteiger partial charge in [-0.2, -0.15) is 4.98 Å². The average molecular weight is 439 g/mol. The molecule has 0 radical (unpaired) electrons. The van der Waals surface area contributed by atoms with Gasteiger partial charge in [-0.1, -0.05) is 25.9 Å². The molecule has 1 aliphatic rings. The number of aromatic nitrogens is 2. The van der Waals surface area contributed by atoms with Gasteiger partial charge >= 0.3 is 0 Å². The van der Waals surface area contributed by atoms with Gasteiger partial charge in [-0.3, -0.25) is 14.5 Å². The molecule has 11 heteroatoms. The first kappa shape index (κ1) is 26.6. The zero-order valence-corrected chi connectivity index (χ0v) is 18.5. The first-order valence-electron chi connectivity index (χ1n) is 9.21. The number of nitrogens with one attached hydrogen (secondary N) is 1. The Morgan fingerprint density at radius 3 is 2.29 bits per heavy atom. The van der Waals surface area contributed by atoms with E-state index in [1.54, 1.807) is 4.90 Å². The van der Waals surface area contributed by atoms with Gasteiger partial charge in [-0.25, -0.2) is 0 Å². The van der Waals surface area contributed by atoms with Crippen molar-refractivity contribution >= 4 is 36.6 Å². The van der Waals surface area contributed by atoms with E-state index in [-0.39, 0.29) is 55.1 Å². The average Bonchev–Trinajstić information content (AvgIpc) is 3.13. The molecule has 1 aromatic heterocycles. The van der Waals surface area contributed by atoms with Gasteiger partial charge in [0.05, 0.1) is 18.6 Å². The smallest absolute Gasteiger partial charge is 0.243 e. The quantitative estimate of drug-likeness (QED) is 0.645. The summed E-state index contributed by atoms with van der Waals surface area (Å²) in [6, 6.07) is -0.577. The Labute approximate surface area is 178 Å². The third-order valence-electron chi connectivity index (χ3n) is 4.81. The number of piperazine rings is 1. The summed E-state index contributed by atoms with van der Waals surface area (Å²) in [5.41, 5.74) is 5.78. The van der Waals surface area contributed by atoms with E-state index in [1.807, 2.05) is 27.7 Å². The number of nitrogens with two attached hydrogens (primary N) is 1. The largest absolute Gasteiger partial charge is 0.346 e. The van der Waals surface area contributed by atoms with Crippen LogP contribution in [0.3, 0.4) is 0 Å². The summed E-state index contributed by atoms with van der Waals surface area (Å²) in [6.07, 6.45) is 0.741. The van der Waals surface area contributed by atoms with E-state index in [1.165, 1.54) is 0 Å². The fourth-order valence-electron chi connectivity index (χ4n) is 2.79. The number of nitrogens with zero attached hydrogens (tertiary/aromatic N) is 4. The Bertz CT molecular complexity index is 620. The van der Waals surface area contributed by atoms with Crippen LogP contribution >= 0.6 is 24.8 Å². The van der Waals surface area contributed by atoms with Crippen molar-refractivity contribution in [2.24, 2.45) is 11.7 Å². The number of hydrogen-bond acceptors (Lipinski definition) is 7. The van der Waals surface area contributed by atoms with E-state index >= 15 is 0 Å². The third kappa shape index (κ3) is 6.88. The van der Waals surface area contributed by atoms with Crippen molar-refractivity contribution in [1.29, 1.82) is 0 Å². The molecule has 2 heterocycles. The maximum Gasteiger partial charge on any atom is 0.243 e. The van der Waals surface area contributed by atoms with Crippen LogP contribution in [0.2, 0.25) is 0 Å². The van der Waals surface area contributed by atoms with Crippen molar-refractivity contribution in [2.45, 2.75) is 46.2 Å². The molecule has 2 amide bonds. The fourth-order valence-corrected chi connectivity index (χ4v) is 2.79.